The van der Waals surface area contributed by atoms with Gasteiger partial charge in [0.05, 0.1) is 0 Å². The van der Waals surface area contributed by atoms with Gasteiger partial charge in [0.15, 0.2) is 8.07 Å². The summed E-state index contributed by atoms with van der Waals surface area (Å²) in [5.41, 5.74) is 6.85. The second kappa shape index (κ2) is 10.5. The molecule has 1 aliphatic heterocycles. The van der Waals surface area contributed by atoms with Gasteiger partial charge in [-0.15, -0.1) is 0 Å². The monoisotopic (exact) mass is 545 g/mol. The molecule has 4 heteroatoms. The molecule has 6 aromatic carbocycles. The smallest absolute Gasteiger partial charge is 0.184 e. The SMILES string of the molecule is CN1c2ccc(Nc3ccccc3)cc2[Si](c2ccccc2)(c2ccccc2)c2cc(Nc3ccccc3)ccc21. The number of fused-ring (bicyclic) bond motifs is 2. The van der Waals surface area contributed by atoms with Gasteiger partial charge in [-0.2, -0.15) is 0 Å². The summed E-state index contributed by atoms with van der Waals surface area (Å²) in [6.45, 7) is 0. The molecule has 0 atom stereocenters. The highest BCUT2D eigenvalue weighted by atomic mass is 28.3. The van der Waals surface area contributed by atoms with Crippen LogP contribution in [-0.2, 0) is 0 Å². The van der Waals surface area contributed by atoms with Crippen molar-refractivity contribution in [2.75, 3.05) is 22.6 Å². The maximum absolute atomic E-state index is 3.67. The zero-order chi connectivity index (χ0) is 27.6. The molecule has 41 heavy (non-hydrogen) atoms. The summed E-state index contributed by atoms with van der Waals surface area (Å²) in [7, 11) is -0.542. The van der Waals surface area contributed by atoms with Gasteiger partial charge in [-0.1, -0.05) is 97.1 Å². The molecule has 0 fully saturated rings. The van der Waals surface area contributed by atoms with E-state index >= 15 is 0 Å². The average Bonchev–Trinajstić information content (AvgIpc) is 3.03. The minimum absolute atomic E-state index is 1.08. The van der Waals surface area contributed by atoms with Crippen molar-refractivity contribution in [1.82, 2.24) is 0 Å². The molecule has 2 N–H and O–H groups in total. The van der Waals surface area contributed by atoms with Crippen molar-refractivity contribution in [2.45, 2.75) is 0 Å². The fraction of sp³-hybridized carbons (Fsp3) is 0.0270. The lowest BCUT2D eigenvalue weighted by molar-refractivity contribution is 1.21. The van der Waals surface area contributed by atoms with E-state index in [1.807, 2.05) is 12.1 Å². The molecule has 0 unspecified atom stereocenters. The third-order valence-corrected chi connectivity index (χ3v) is 12.9. The van der Waals surface area contributed by atoms with Crippen LogP contribution in [0.15, 0.2) is 158 Å². The van der Waals surface area contributed by atoms with E-state index in [2.05, 4.69) is 168 Å². The van der Waals surface area contributed by atoms with Gasteiger partial charge in [-0.3, -0.25) is 0 Å². The molecule has 0 saturated heterocycles. The van der Waals surface area contributed by atoms with Crippen molar-refractivity contribution in [3.8, 4) is 0 Å². The van der Waals surface area contributed by atoms with E-state index in [1.54, 1.807) is 0 Å². The first-order chi connectivity index (χ1) is 20.2. The van der Waals surface area contributed by atoms with Crippen LogP contribution < -0.4 is 36.3 Å². The summed E-state index contributed by atoms with van der Waals surface area (Å²) in [4.78, 5) is 2.36. The van der Waals surface area contributed by atoms with Crippen LogP contribution in [0, 0.1) is 0 Å². The molecule has 0 amide bonds. The zero-order valence-electron chi connectivity index (χ0n) is 23.0. The normalized spacial score (nSPS) is 13.1. The van der Waals surface area contributed by atoms with E-state index < -0.39 is 8.07 Å². The molecule has 0 aromatic heterocycles. The Morgan fingerprint density at radius 1 is 0.415 bits per heavy atom. The van der Waals surface area contributed by atoms with E-state index in [4.69, 9.17) is 0 Å². The highest BCUT2D eigenvalue weighted by Gasteiger charge is 2.48. The maximum Gasteiger partial charge on any atom is 0.184 e. The van der Waals surface area contributed by atoms with E-state index in [1.165, 1.54) is 32.1 Å². The maximum atomic E-state index is 3.67. The Balaban J connectivity index is 1.51. The largest absolute Gasteiger partial charge is 0.356 e. The first kappa shape index (κ1) is 24.9. The summed E-state index contributed by atoms with van der Waals surface area (Å²) < 4.78 is 0. The lowest BCUT2D eigenvalue weighted by Gasteiger charge is -2.44. The van der Waals surface area contributed by atoms with Gasteiger partial charge >= 0.3 is 0 Å². The van der Waals surface area contributed by atoms with Crippen LogP contribution in [0.1, 0.15) is 0 Å². The first-order valence-corrected chi connectivity index (χ1v) is 16.0. The van der Waals surface area contributed by atoms with Crippen LogP contribution in [0.2, 0.25) is 0 Å². The molecule has 0 aliphatic carbocycles. The summed E-state index contributed by atoms with van der Waals surface area (Å²) in [6, 6.07) is 56.9. The molecule has 1 heterocycles. The Morgan fingerprint density at radius 2 is 0.780 bits per heavy atom. The van der Waals surface area contributed by atoms with Crippen molar-refractivity contribution < 1.29 is 0 Å². The van der Waals surface area contributed by atoms with Crippen LogP contribution in [-0.4, -0.2) is 15.1 Å². The second-order valence-electron chi connectivity index (χ2n) is 10.5. The number of para-hydroxylation sites is 2. The number of hydrogen-bond donors (Lipinski definition) is 2. The van der Waals surface area contributed by atoms with Crippen molar-refractivity contribution in [1.29, 1.82) is 0 Å². The molecular weight excluding hydrogens is 515 g/mol. The lowest BCUT2D eigenvalue weighted by atomic mass is 10.2. The number of hydrogen-bond acceptors (Lipinski definition) is 3. The first-order valence-electron chi connectivity index (χ1n) is 14.0. The predicted molar refractivity (Wildman–Crippen MR) is 178 cm³/mol. The number of nitrogens with zero attached hydrogens (tertiary/aromatic N) is 1. The predicted octanol–water partition coefficient (Wildman–Crippen LogP) is 6.63. The van der Waals surface area contributed by atoms with Gasteiger partial charge < -0.3 is 15.5 Å². The topological polar surface area (TPSA) is 27.3 Å². The van der Waals surface area contributed by atoms with E-state index in [0.29, 0.717) is 0 Å². The standard InChI is InChI=1S/C37H31N3Si/c1-40-34-24-22-30(38-28-14-6-2-7-15-28)26-36(34)41(32-18-10-4-11-19-32,33-20-12-5-13-21-33)37-27-31(23-25-35(37)40)39-29-16-8-3-9-17-29/h2-27,38-39H,1H3. The van der Waals surface area contributed by atoms with Gasteiger partial charge in [0.25, 0.3) is 0 Å². The average molecular weight is 546 g/mol. The summed E-state index contributed by atoms with van der Waals surface area (Å²) in [5, 5.41) is 12.8. The molecular formula is C37H31N3Si. The Bertz CT molecular complexity index is 1650. The van der Waals surface area contributed by atoms with Gasteiger partial charge in [0.2, 0.25) is 0 Å². The van der Waals surface area contributed by atoms with Crippen molar-refractivity contribution in [3.63, 3.8) is 0 Å². The van der Waals surface area contributed by atoms with Crippen LogP contribution in [0.3, 0.4) is 0 Å². The van der Waals surface area contributed by atoms with Crippen LogP contribution in [0.25, 0.3) is 0 Å². The molecule has 1 aliphatic rings. The van der Waals surface area contributed by atoms with Gasteiger partial charge in [0.1, 0.15) is 0 Å². The zero-order valence-corrected chi connectivity index (χ0v) is 24.0. The summed E-state index contributed by atoms with van der Waals surface area (Å²) >= 11 is 0. The fourth-order valence-corrected chi connectivity index (χ4v) is 11.5. The molecule has 3 nitrogen and oxygen atoms in total. The summed E-state index contributed by atoms with van der Waals surface area (Å²) in [6.07, 6.45) is 0. The highest BCUT2D eigenvalue weighted by Crippen LogP contribution is 2.34. The van der Waals surface area contributed by atoms with E-state index in [-0.39, 0.29) is 0 Å². The van der Waals surface area contributed by atoms with E-state index in [9.17, 15) is 0 Å². The van der Waals surface area contributed by atoms with Crippen LogP contribution in [0.4, 0.5) is 34.1 Å². The molecule has 7 rings (SSSR count). The van der Waals surface area contributed by atoms with Crippen LogP contribution >= 0.6 is 0 Å². The Morgan fingerprint density at radius 3 is 1.17 bits per heavy atom. The van der Waals surface area contributed by atoms with Gasteiger partial charge in [0, 0.05) is 41.2 Å². The number of nitrogens with one attached hydrogen (secondary N) is 2. The summed E-state index contributed by atoms with van der Waals surface area (Å²) in [5.74, 6) is 0. The lowest BCUT2D eigenvalue weighted by Crippen LogP contribution is -2.77. The Hall–Kier alpha value is -5.06. The molecule has 0 radical (unpaired) electrons. The molecule has 6 aromatic rings. The molecule has 0 bridgehead atoms. The minimum atomic E-state index is -2.74. The molecule has 0 saturated carbocycles. The number of anilines is 6. The highest BCUT2D eigenvalue weighted by molar-refractivity contribution is 7.21. The molecule has 198 valence electrons. The Kier molecular flexibility index (Phi) is 6.38. The number of benzene rings is 6. The second-order valence-corrected chi connectivity index (χ2v) is 14.2. The van der Waals surface area contributed by atoms with E-state index in [0.717, 1.165) is 22.7 Å². The van der Waals surface area contributed by atoms with Gasteiger partial charge in [-0.25, -0.2) is 0 Å². The van der Waals surface area contributed by atoms with Crippen molar-refractivity contribution in [2.24, 2.45) is 0 Å². The van der Waals surface area contributed by atoms with Gasteiger partial charge in [-0.05, 0) is 81.4 Å². The minimum Gasteiger partial charge on any atom is -0.356 e. The van der Waals surface area contributed by atoms with Crippen molar-refractivity contribution in [3.05, 3.63) is 158 Å². The van der Waals surface area contributed by atoms with Crippen molar-refractivity contribution >= 4 is 62.9 Å². The quantitative estimate of drug-likeness (QED) is 0.230. The third kappa shape index (κ3) is 4.39. The fourth-order valence-electron chi connectivity index (χ4n) is 6.23. The third-order valence-electron chi connectivity index (χ3n) is 8.06. The molecule has 0 spiro atoms. The number of rotatable bonds is 6. The van der Waals surface area contributed by atoms with Crippen LogP contribution in [0.5, 0.6) is 0 Å². The Labute approximate surface area is 242 Å².